The third kappa shape index (κ3) is 4.56. The van der Waals surface area contributed by atoms with E-state index in [2.05, 4.69) is 32.7 Å². The summed E-state index contributed by atoms with van der Waals surface area (Å²) < 4.78 is 2.12. The molecule has 0 atom stereocenters. The molecule has 1 N–H and O–H groups in total. The molecule has 0 fully saturated rings. The molecule has 0 aliphatic rings. The van der Waals surface area contributed by atoms with Crippen LogP contribution < -0.4 is 0 Å². The summed E-state index contributed by atoms with van der Waals surface area (Å²) >= 11 is 0. The predicted octanol–water partition coefficient (Wildman–Crippen LogP) is 6.43. The molecular weight excluding hydrogens is 587 g/mol. The maximum absolute atomic E-state index is 10.2. The summed E-state index contributed by atoms with van der Waals surface area (Å²) in [6, 6.07) is 36.4. The van der Waals surface area contributed by atoms with Gasteiger partial charge in [0.05, 0.1) is 16.4 Å². The number of fused-ring (bicyclic) bond motifs is 3. The first kappa shape index (κ1) is 22.4. The van der Waals surface area contributed by atoms with Crippen LogP contribution in [-0.2, 0) is 20.1 Å². The van der Waals surface area contributed by atoms with E-state index < -0.39 is 0 Å². The Morgan fingerprint density at radius 1 is 0.667 bits per heavy atom. The van der Waals surface area contributed by atoms with Crippen molar-refractivity contribution in [3.8, 4) is 22.7 Å². The second kappa shape index (κ2) is 10.2. The Morgan fingerprint density at radius 2 is 1.42 bits per heavy atom. The van der Waals surface area contributed by atoms with E-state index in [9.17, 15) is 5.11 Å². The van der Waals surface area contributed by atoms with E-state index in [1.54, 1.807) is 18.5 Å². The SMILES string of the molecule is Oc1cccc2c1c1ncccc1n2-c1ccccc1.[Ir].[c-]1ccccc1-c1ccccn1. The maximum atomic E-state index is 10.2. The summed E-state index contributed by atoms with van der Waals surface area (Å²) in [6.45, 7) is 0. The summed E-state index contributed by atoms with van der Waals surface area (Å²) in [5.41, 5.74) is 5.85. The van der Waals surface area contributed by atoms with Gasteiger partial charge < -0.3 is 14.7 Å². The van der Waals surface area contributed by atoms with E-state index in [0.29, 0.717) is 0 Å². The van der Waals surface area contributed by atoms with Crippen molar-refractivity contribution in [2.24, 2.45) is 0 Å². The van der Waals surface area contributed by atoms with Crippen molar-refractivity contribution < 1.29 is 25.2 Å². The molecule has 0 saturated carbocycles. The second-order valence-electron chi connectivity index (χ2n) is 7.20. The van der Waals surface area contributed by atoms with Crippen LogP contribution in [0.3, 0.4) is 0 Å². The summed E-state index contributed by atoms with van der Waals surface area (Å²) in [7, 11) is 0. The van der Waals surface area contributed by atoms with E-state index in [1.165, 1.54) is 0 Å². The number of phenolic OH excluding ortho intramolecular Hbond substituents is 1. The van der Waals surface area contributed by atoms with Gasteiger partial charge in [-0.1, -0.05) is 36.4 Å². The van der Waals surface area contributed by atoms with Gasteiger partial charge in [0.2, 0.25) is 0 Å². The molecule has 5 heteroatoms. The third-order valence-corrected chi connectivity index (χ3v) is 5.19. The third-order valence-electron chi connectivity index (χ3n) is 5.19. The van der Waals surface area contributed by atoms with Crippen LogP contribution in [0.4, 0.5) is 0 Å². The van der Waals surface area contributed by atoms with Crippen molar-refractivity contribution in [3.63, 3.8) is 0 Å². The van der Waals surface area contributed by atoms with Crippen LogP contribution in [0.1, 0.15) is 0 Å². The molecule has 6 aromatic rings. The van der Waals surface area contributed by atoms with Gasteiger partial charge in [-0.05, 0) is 48.2 Å². The summed E-state index contributed by atoms with van der Waals surface area (Å²) in [5.74, 6) is 0.265. The molecule has 0 unspecified atom stereocenters. The Hall–Kier alpha value is -3.79. The minimum Gasteiger partial charge on any atom is -0.507 e. The molecule has 163 valence electrons. The van der Waals surface area contributed by atoms with E-state index in [4.69, 9.17) is 0 Å². The van der Waals surface area contributed by atoms with Crippen LogP contribution in [0.15, 0.2) is 116 Å². The molecule has 0 saturated heterocycles. The van der Waals surface area contributed by atoms with Crippen molar-refractivity contribution in [2.75, 3.05) is 0 Å². The number of pyridine rings is 2. The molecule has 0 bridgehead atoms. The number of para-hydroxylation sites is 1. The number of rotatable bonds is 2. The van der Waals surface area contributed by atoms with Crippen molar-refractivity contribution in [1.29, 1.82) is 0 Å². The van der Waals surface area contributed by atoms with E-state index in [1.807, 2.05) is 84.9 Å². The topological polar surface area (TPSA) is 50.9 Å². The van der Waals surface area contributed by atoms with Crippen molar-refractivity contribution in [2.45, 2.75) is 0 Å². The molecule has 3 heterocycles. The standard InChI is InChI=1S/C17H12N2O.C11H8N.Ir/c20-15-10-4-8-13-16(15)17-14(9-5-11-18-17)19(13)12-6-2-1-3-7-12;1-2-6-10(7-3-1)11-8-4-5-9-12-11;/h1-11,20H;1-6,8-9H;/q;-1;. The first-order valence-electron chi connectivity index (χ1n) is 10.3. The van der Waals surface area contributed by atoms with Crippen LogP contribution >= 0.6 is 0 Å². The number of aromatic nitrogens is 3. The number of hydrogen-bond donors (Lipinski definition) is 1. The average molecular weight is 607 g/mol. The van der Waals surface area contributed by atoms with Crippen molar-refractivity contribution >= 4 is 21.9 Å². The number of aromatic hydroxyl groups is 1. The molecule has 3 aromatic carbocycles. The zero-order valence-corrected chi connectivity index (χ0v) is 20.0. The second-order valence-corrected chi connectivity index (χ2v) is 7.20. The maximum Gasteiger partial charge on any atom is 0.127 e. The first-order valence-corrected chi connectivity index (χ1v) is 10.3. The summed E-state index contributed by atoms with van der Waals surface area (Å²) in [6.07, 6.45) is 3.54. The predicted molar refractivity (Wildman–Crippen MR) is 129 cm³/mol. The minimum atomic E-state index is 0. The van der Waals surface area contributed by atoms with E-state index in [0.717, 1.165) is 38.9 Å². The Balaban J connectivity index is 0.000000172. The Bertz CT molecular complexity index is 1430. The Labute approximate surface area is 205 Å². The fourth-order valence-corrected chi connectivity index (χ4v) is 3.79. The minimum absolute atomic E-state index is 0. The molecule has 3 aromatic heterocycles. The van der Waals surface area contributed by atoms with Crippen LogP contribution in [0, 0.1) is 6.07 Å². The normalized spacial score (nSPS) is 10.3. The smallest absolute Gasteiger partial charge is 0.127 e. The number of hydrogen-bond acceptors (Lipinski definition) is 3. The molecule has 4 nitrogen and oxygen atoms in total. The van der Waals surface area contributed by atoms with Crippen molar-refractivity contribution in [1.82, 2.24) is 14.5 Å². The van der Waals surface area contributed by atoms with Gasteiger partial charge in [-0.15, -0.1) is 35.9 Å². The van der Waals surface area contributed by atoms with Gasteiger partial charge in [-0.2, -0.15) is 0 Å². The van der Waals surface area contributed by atoms with Crippen LogP contribution in [0.25, 0.3) is 38.9 Å². The van der Waals surface area contributed by atoms with Crippen molar-refractivity contribution in [3.05, 3.63) is 122 Å². The van der Waals surface area contributed by atoms with Crippen LogP contribution in [0.5, 0.6) is 5.75 Å². The van der Waals surface area contributed by atoms with Crippen LogP contribution in [0.2, 0.25) is 0 Å². The molecule has 1 radical (unpaired) electrons. The van der Waals surface area contributed by atoms with E-state index >= 15 is 0 Å². The largest absolute Gasteiger partial charge is 0.507 e. The molecule has 0 aliphatic heterocycles. The molecule has 0 amide bonds. The van der Waals surface area contributed by atoms with Gasteiger partial charge in [0, 0.05) is 38.2 Å². The van der Waals surface area contributed by atoms with Gasteiger partial charge in [0.1, 0.15) is 11.3 Å². The monoisotopic (exact) mass is 607 g/mol. The number of benzene rings is 3. The average Bonchev–Trinajstić information content (AvgIpc) is 3.22. The zero-order valence-electron chi connectivity index (χ0n) is 17.6. The van der Waals surface area contributed by atoms with Gasteiger partial charge in [0.15, 0.2) is 0 Å². The molecular formula is C28H20IrN3O-. The van der Waals surface area contributed by atoms with Crippen LogP contribution in [-0.4, -0.2) is 19.6 Å². The molecule has 0 spiro atoms. The quantitative estimate of drug-likeness (QED) is 0.231. The fraction of sp³-hybridized carbons (Fsp3) is 0. The van der Waals surface area contributed by atoms with Gasteiger partial charge in [0.25, 0.3) is 0 Å². The number of phenols is 1. The molecule has 33 heavy (non-hydrogen) atoms. The van der Waals surface area contributed by atoms with Gasteiger partial charge in [-0.3, -0.25) is 4.98 Å². The zero-order chi connectivity index (χ0) is 21.8. The summed E-state index contributed by atoms with van der Waals surface area (Å²) in [5, 5.41) is 11.0. The van der Waals surface area contributed by atoms with E-state index in [-0.39, 0.29) is 25.9 Å². The van der Waals surface area contributed by atoms with Gasteiger partial charge in [-0.25, -0.2) is 0 Å². The Morgan fingerprint density at radius 3 is 2.18 bits per heavy atom. The molecule has 0 aliphatic carbocycles. The van der Waals surface area contributed by atoms with Gasteiger partial charge >= 0.3 is 0 Å². The molecule has 6 rings (SSSR count). The number of nitrogens with zero attached hydrogens (tertiary/aromatic N) is 3. The first-order chi connectivity index (χ1) is 15.8. The summed E-state index contributed by atoms with van der Waals surface area (Å²) in [4.78, 5) is 8.65. The Kier molecular flexibility index (Phi) is 6.94. The fourth-order valence-electron chi connectivity index (χ4n) is 3.79.